The molecule has 0 fully saturated rings. The molecule has 1 atom stereocenters. The van der Waals surface area contributed by atoms with Crippen molar-refractivity contribution in [2.45, 2.75) is 13.0 Å². The number of carbonyl (C=O) groups excluding carboxylic acids is 1. The molecule has 2 N–H and O–H groups in total. The van der Waals surface area contributed by atoms with Crippen molar-refractivity contribution in [2.24, 2.45) is 0 Å². The smallest absolute Gasteiger partial charge is 0.252 e. The van der Waals surface area contributed by atoms with E-state index in [1.165, 1.54) is 31.2 Å². The van der Waals surface area contributed by atoms with E-state index >= 15 is 0 Å². The van der Waals surface area contributed by atoms with Crippen LogP contribution in [-0.2, 0) is 4.79 Å². The average Bonchev–Trinajstić information content (AvgIpc) is 2.08. The summed E-state index contributed by atoms with van der Waals surface area (Å²) in [6.45, 7) is 1.36. The predicted molar refractivity (Wildman–Crippen MR) is 46.7 cm³/mol. The fourth-order valence-corrected chi connectivity index (χ4v) is 0.780. The largest absolute Gasteiger partial charge is 0.384 e. The summed E-state index contributed by atoms with van der Waals surface area (Å²) in [5.74, 6) is -0.873. The molecule has 1 aromatic rings. The maximum Gasteiger partial charge on any atom is 0.252 e. The molecule has 0 aliphatic heterocycles. The molecule has 0 spiro atoms. The predicted octanol–water partition coefficient (Wildman–Crippen LogP) is 1.14. The molecular weight excluding hydrogens is 173 g/mol. The maximum atomic E-state index is 12.4. The number of rotatable bonds is 2. The minimum Gasteiger partial charge on any atom is -0.384 e. The number of carbonyl (C=O) groups is 1. The molecule has 0 heterocycles. The minimum absolute atomic E-state index is 0.366. The van der Waals surface area contributed by atoms with Crippen molar-refractivity contribution in [1.82, 2.24) is 0 Å². The number of aliphatic hydroxyl groups excluding tert-OH is 1. The second-order valence-corrected chi connectivity index (χ2v) is 2.67. The number of halogens is 1. The summed E-state index contributed by atoms with van der Waals surface area (Å²) < 4.78 is 12.4. The van der Waals surface area contributed by atoms with Gasteiger partial charge >= 0.3 is 0 Å². The summed E-state index contributed by atoms with van der Waals surface area (Å²) in [5, 5.41) is 11.3. The highest BCUT2D eigenvalue weighted by Gasteiger charge is 2.07. The molecule has 0 aromatic heterocycles. The van der Waals surface area contributed by atoms with Crippen LogP contribution in [0.4, 0.5) is 10.1 Å². The van der Waals surface area contributed by atoms with E-state index in [2.05, 4.69) is 5.32 Å². The number of aliphatic hydroxyl groups is 1. The van der Waals surface area contributed by atoms with Gasteiger partial charge in [-0.15, -0.1) is 0 Å². The second-order valence-electron chi connectivity index (χ2n) is 2.67. The zero-order valence-electron chi connectivity index (χ0n) is 7.12. The Morgan fingerprint density at radius 1 is 1.46 bits per heavy atom. The number of hydrogen-bond donors (Lipinski definition) is 2. The van der Waals surface area contributed by atoms with E-state index in [0.717, 1.165) is 0 Å². The van der Waals surface area contributed by atoms with Gasteiger partial charge in [-0.05, 0) is 31.2 Å². The molecule has 0 aliphatic rings. The van der Waals surface area contributed by atoms with Crippen LogP contribution < -0.4 is 5.32 Å². The highest BCUT2D eigenvalue weighted by molar-refractivity contribution is 5.93. The summed E-state index contributed by atoms with van der Waals surface area (Å²) in [5.41, 5.74) is 0.465. The summed E-state index contributed by atoms with van der Waals surface area (Å²) in [6, 6.07) is 5.32. The van der Waals surface area contributed by atoms with E-state index in [1.54, 1.807) is 0 Å². The van der Waals surface area contributed by atoms with E-state index in [0.29, 0.717) is 5.69 Å². The first-order valence-electron chi connectivity index (χ1n) is 3.84. The lowest BCUT2D eigenvalue weighted by atomic mass is 10.3. The molecular formula is C9H10FNO2. The number of anilines is 1. The molecule has 1 aromatic carbocycles. The van der Waals surface area contributed by atoms with Crippen molar-refractivity contribution >= 4 is 11.6 Å². The van der Waals surface area contributed by atoms with Gasteiger partial charge in [0, 0.05) is 5.69 Å². The minimum atomic E-state index is -1.06. The molecule has 3 nitrogen and oxygen atoms in total. The van der Waals surface area contributed by atoms with Crippen LogP contribution in [0.15, 0.2) is 24.3 Å². The summed E-state index contributed by atoms with van der Waals surface area (Å²) >= 11 is 0. The Hall–Kier alpha value is -1.42. The van der Waals surface area contributed by atoms with Crippen molar-refractivity contribution in [2.75, 3.05) is 5.32 Å². The Bertz CT molecular complexity index is 295. The Morgan fingerprint density at radius 2 is 2.00 bits per heavy atom. The van der Waals surface area contributed by atoms with Crippen LogP contribution in [0.1, 0.15) is 6.92 Å². The highest BCUT2D eigenvalue weighted by Crippen LogP contribution is 2.08. The van der Waals surface area contributed by atoms with E-state index < -0.39 is 12.0 Å². The van der Waals surface area contributed by atoms with Crippen LogP contribution in [0.3, 0.4) is 0 Å². The first-order chi connectivity index (χ1) is 6.09. The van der Waals surface area contributed by atoms with Gasteiger partial charge in [-0.3, -0.25) is 4.79 Å². The van der Waals surface area contributed by atoms with Crippen LogP contribution in [0.25, 0.3) is 0 Å². The number of hydrogen-bond acceptors (Lipinski definition) is 2. The molecule has 0 bridgehead atoms. The third-order valence-electron chi connectivity index (χ3n) is 1.49. The number of amides is 1. The van der Waals surface area contributed by atoms with Crippen molar-refractivity contribution in [3.05, 3.63) is 30.1 Å². The molecule has 1 amide bonds. The van der Waals surface area contributed by atoms with Gasteiger partial charge in [0.25, 0.3) is 5.91 Å². The zero-order chi connectivity index (χ0) is 9.84. The zero-order valence-corrected chi connectivity index (χ0v) is 7.12. The Morgan fingerprint density at radius 3 is 2.46 bits per heavy atom. The fourth-order valence-electron chi connectivity index (χ4n) is 0.780. The van der Waals surface area contributed by atoms with Gasteiger partial charge in [-0.25, -0.2) is 4.39 Å². The summed E-state index contributed by atoms with van der Waals surface area (Å²) in [4.78, 5) is 10.9. The van der Waals surface area contributed by atoms with Crippen molar-refractivity contribution in [3.8, 4) is 0 Å². The van der Waals surface area contributed by atoms with Gasteiger partial charge in [-0.1, -0.05) is 0 Å². The highest BCUT2D eigenvalue weighted by atomic mass is 19.1. The van der Waals surface area contributed by atoms with Gasteiger partial charge in [0.05, 0.1) is 0 Å². The molecule has 0 saturated heterocycles. The lowest BCUT2D eigenvalue weighted by molar-refractivity contribution is -0.123. The summed E-state index contributed by atoms with van der Waals surface area (Å²) in [6.07, 6.45) is -1.06. The fraction of sp³-hybridized carbons (Fsp3) is 0.222. The van der Waals surface area contributed by atoms with Crippen LogP contribution in [0.5, 0.6) is 0 Å². The van der Waals surface area contributed by atoms with Crippen LogP contribution >= 0.6 is 0 Å². The Balaban J connectivity index is 2.65. The van der Waals surface area contributed by atoms with Crippen molar-refractivity contribution in [3.63, 3.8) is 0 Å². The standard InChI is InChI=1S/C9H10FNO2/c1-6(12)9(13)11-8-4-2-7(10)3-5-8/h2-6,12H,1H3,(H,11,13). The van der Waals surface area contributed by atoms with E-state index in [-0.39, 0.29) is 5.82 Å². The average molecular weight is 183 g/mol. The van der Waals surface area contributed by atoms with Gasteiger partial charge in [0.1, 0.15) is 11.9 Å². The molecule has 13 heavy (non-hydrogen) atoms. The molecule has 0 aliphatic carbocycles. The maximum absolute atomic E-state index is 12.4. The Labute approximate surface area is 75.2 Å². The lowest BCUT2D eigenvalue weighted by Crippen LogP contribution is -2.24. The second kappa shape index (κ2) is 4.00. The van der Waals surface area contributed by atoms with Gasteiger partial charge in [0.2, 0.25) is 0 Å². The van der Waals surface area contributed by atoms with E-state index in [1.807, 2.05) is 0 Å². The Kier molecular flexibility index (Phi) is 2.97. The van der Waals surface area contributed by atoms with Gasteiger partial charge in [0.15, 0.2) is 0 Å². The number of nitrogens with one attached hydrogen (secondary N) is 1. The van der Waals surface area contributed by atoms with Crippen molar-refractivity contribution in [1.29, 1.82) is 0 Å². The van der Waals surface area contributed by atoms with Crippen LogP contribution in [0, 0.1) is 5.82 Å². The third kappa shape index (κ3) is 2.83. The third-order valence-corrected chi connectivity index (χ3v) is 1.49. The van der Waals surface area contributed by atoms with Gasteiger partial charge < -0.3 is 10.4 Å². The van der Waals surface area contributed by atoms with Crippen LogP contribution in [0.2, 0.25) is 0 Å². The van der Waals surface area contributed by atoms with E-state index in [9.17, 15) is 9.18 Å². The van der Waals surface area contributed by atoms with Crippen LogP contribution in [-0.4, -0.2) is 17.1 Å². The topological polar surface area (TPSA) is 49.3 Å². The van der Waals surface area contributed by atoms with Crippen molar-refractivity contribution < 1.29 is 14.3 Å². The molecule has 1 rings (SSSR count). The first kappa shape index (κ1) is 9.67. The molecule has 70 valence electrons. The summed E-state index contributed by atoms with van der Waals surface area (Å²) in [7, 11) is 0. The molecule has 0 radical (unpaired) electrons. The molecule has 1 unspecified atom stereocenters. The van der Waals surface area contributed by atoms with E-state index in [4.69, 9.17) is 5.11 Å². The first-order valence-corrected chi connectivity index (χ1v) is 3.84. The number of benzene rings is 1. The monoisotopic (exact) mass is 183 g/mol. The SMILES string of the molecule is CC(O)C(=O)Nc1ccc(F)cc1. The molecule has 0 saturated carbocycles. The van der Waals surface area contributed by atoms with Gasteiger partial charge in [-0.2, -0.15) is 0 Å². The molecule has 4 heteroatoms. The quantitative estimate of drug-likeness (QED) is 0.722. The lowest BCUT2D eigenvalue weighted by Gasteiger charge is -2.06. The normalized spacial score (nSPS) is 12.2.